The van der Waals surface area contributed by atoms with Gasteiger partial charge >= 0.3 is 0 Å². The van der Waals surface area contributed by atoms with Crippen molar-refractivity contribution in [3.8, 4) is 5.75 Å². The van der Waals surface area contributed by atoms with E-state index in [1.807, 2.05) is 30.3 Å². The maximum Gasteiger partial charge on any atom is 0.191 e. The molecule has 0 aliphatic heterocycles. The van der Waals surface area contributed by atoms with Gasteiger partial charge in [-0.2, -0.15) is 0 Å². The average molecular weight is 439 g/mol. The molecule has 0 saturated heterocycles. The first kappa shape index (κ1) is 20.3. The summed E-state index contributed by atoms with van der Waals surface area (Å²) in [5, 5.41) is 6.65. The topological polar surface area (TPSA) is 45.7 Å². The smallest absolute Gasteiger partial charge is 0.191 e. The number of halogens is 1. The van der Waals surface area contributed by atoms with E-state index in [0.717, 1.165) is 31.2 Å². The fraction of sp³-hybridized carbons (Fsp3) is 0.316. The van der Waals surface area contributed by atoms with E-state index in [1.54, 1.807) is 7.11 Å². The standard InChI is InChI=1S/C19H25N3O.HI/c1-3-20-19(22-15-17-7-5-4-6-8-17)21-14-13-16-9-11-18(23-2)12-10-16;/h4-12H,3,13-15H2,1-2H3,(H2,20,21,22);1H. The Morgan fingerprint density at radius 3 is 2.29 bits per heavy atom. The highest BCUT2D eigenvalue weighted by atomic mass is 127. The SMILES string of the molecule is CCNC(=NCc1ccccc1)NCCc1ccc(OC)cc1.I. The first-order chi connectivity index (χ1) is 11.3. The van der Waals surface area contributed by atoms with Gasteiger partial charge in [-0.3, -0.25) is 0 Å². The maximum atomic E-state index is 5.17. The number of hydrogen-bond donors (Lipinski definition) is 2. The van der Waals surface area contributed by atoms with E-state index in [0.29, 0.717) is 6.54 Å². The summed E-state index contributed by atoms with van der Waals surface area (Å²) in [5.41, 5.74) is 2.48. The minimum Gasteiger partial charge on any atom is -0.497 e. The van der Waals surface area contributed by atoms with E-state index in [9.17, 15) is 0 Å². The molecule has 0 saturated carbocycles. The molecule has 0 amide bonds. The molecule has 130 valence electrons. The van der Waals surface area contributed by atoms with Crippen molar-refractivity contribution in [1.29, 1.82) is 0 Å². The molecule has 5 heteroatoms. The summed E-state index contributed by atoms with van der Waals surface area (Å²) in [6.07, 6.45) is 0.944. The average Bonchev–Trinajstić information content (AvgIpc) is 2.61. The van der Waals surface area contributed by atoms with Gasteiger partial charge in [0.2, 0.25) is 0 Å². The maximum absolute atomic E-state index is 5.17. The van der Waals surface area contributed by atoms with Crippen molar-refractivity contribution in [2.75, 3.05) is 20.2 Å². The van der Waals surface area contributed by atoms with Crippen molar-refractivity contribution in [2.24, 2.45) is 4.99 Å². The monoisotopic (exact) mass is 439 g/mol. The van der Waals surface area contributed by atoms with Crippen molar-refractivity contribution >= 4 is 29.9 Å². The molecule has 0 bridgehead atoms. The molecular weight excluding hydrogens is 413 g/mol. The van der Waals surface area contributed by atoms with Gasteiger partial charge in [-0.05, 0) is 36.6 Å². The van der Waals surface area contributed by atoms with Gasteiger partial charge in [0.25, 0.3) is 0 Å². The van der Waals surface area contributed by atoms with Gasteiger partial charge < -0.3 is 15.4 Å². The van der Waals surface area contributed by atoms with Crippen LogP contribution in [0.4, 0.5) is 0 Å². The van der Waals surface area contributed by atoms with E-state index >= 15 is 0 Å². The summed E-state index contributed by atoms with van der Waals surface area (Å²) in [6.45, 7) is 4.44. The highest BCUT2D eigenvalue weighted by Gasteiger charge is 1.99. The van der Waals surface area contributed by atoms with Gasteiger partial charge in [-0.25, -0.2) is 4.99 Å². The lowest BCUT2D eigenvalue weighted by atomic mass is 10.1. The summed E-state index contributed by atoms with van der Waals surface area (Å²) in [4.78, 5) is 4.62. The lowest BCUT2D eigenvalue weighted by molar-refractivity contribution is 0.414. The quantitative estimate of drug-likeness (QED) is 0.394. The number of aliphatic imine (C=N–C) groups is 1. The van der Waals surface area contributed by atoms with Crippen molar-refractivity contribution in [3.63, 3.8) is 0 Å². The second-order valence-electron chi connectivity index (χ2n) is 5.21. The molecule has 0 aliphatic carbocycles. The highest BCUT2D eigenvalue weighted by molar-refractivity contribution is 14.0. The summed E-state index contributed by atoms with van der Waals surface area (Å²) >= 11 is 0. The summed E-state index contributed by atoms with van der Waals surface area (Å²) < 4.78 is 5.17. The zero-order valence-electron chi connectivity index (χ0n) is 14.3. The van der Waals surface area contributed by atoms with Crippen LogP contribution in [0.5, 0.6) is 5.75 Å². The highest BCUT2D eigenvalue weighted by Crippen LogP contribution is 2.11. The fourth-order valence-electron chi connectivity index (χ4n) is 2.21. The van der Waals surface area contributed by atoms with Crippen LogP contribution in [0.1, 0.15) is 18.1 Å². The number of guanidine groups is 1. The normalized spacial score (nSPS) is 10.7. The summed E-state index contributed by atoms with van der Waals surface area (Å²) in [6, 6.07) is 18.4. The molecule has 0 fully saturated rings. The molecule has 0 aromatic heterocycles. The van der Waals surface area contributed by atoms with Crippen LogP contribution in [-0.4, -0.2) is 26.2 Å². The Hall–Kier alpha value is -1.76. The third kappa shape index (κ3) is 7.21. The van der Waals surface area contributed by atoms with Gasteiger partial charge in [0.15, 0.2) is 5.96 Å². The number of nitrogens with zero attached hydrogens (tertiary/aromatic N) is 1. The number of ether oxygens (including phenoxy) is 1. The Balaban J connectivity index is 0.00000288. The van der Waals surface area contributed by atoms with Crippen LogP contribution in [-0.2, 0) is 13.0 Å². The lowest BCUT2D eigenvalue weighted by Crippen LogP contribution is -2.38. The molecule has 24 heavy (non-hydrogen) atoms. The van der Waals surface area contributed by atoms with Crippen LogP contribution in [0.3, 0.4) is 0 Å². The van der Waals surface area contributed by atoms with Gasteiger partial charge in [0, 0.05) is 13.1 Å². The Labute approximate surface area is 161 Å². The molecule has 0 aliphatic rings. The van der Waals surface area contributed by atoms with E-state index in [-0.39, 0.29) is 24.0 Å². The second-order valence-corrected chi connectivity index (χ2v) is 5.21. The largest absolute Gasteiger partial charge is 0.497 e. The van der Waals surface area contributed by atoms with Gasteiger partial charge in [-0.1, -0.05) is 42.5 Å². The van der Waals surface area contributed by atoms with Crippen molar-refractivity contribution in [3.05, 3.63) is 65.7 Å². The summed E-state index contributed by atoms with van der Waals surface area (Å²) in [5.74, 6) is 1.74. The van der Waals surface area contributed by atoms with Gasteiger partial charge in [-0.15, -0.1) is 24.0 Å². The van der Waals surface area contributed by atoms with Gasteiger partial charge in [0.05, 0.1) is 13.7 Å². The van der Waals surface area contributed by atoms with Crippen LogP contribution >= 0.6 is 24.0 Å². The van der Waals surface area contributed by atoms with Gasteiger partial charge in [0.1, 0.15) is 5.75 Å². The molecule has 0 radical (unpaired) electrons. The minimum absolute atomic E-state index is 0. The third-order valence-corrected chi connectivity index (χ3v) is 3.47. The van der Waals surface area contributed by atoms with Crippen LogP contribution in [0.2, 0.25) is 0 Å². The van der Waals surface area contributed by atoms with Crippen LogP contribution < -0.4 is 15.4 Å². The van der Waals surface area contributed by atoms with Crippen molar-refractivity contribution < 1.29 is 4.74 Å². The molecule has 2 N–H and O–H groups in total. The predicted octanol–water partition coefficient (Wildman–Crippen LogP) is 3.61. The lowest BCUT2D eigenvalue weighted by Gasteiger charge is -2.11. The molecule has 2 aromatic carbocycles. The van der Waals surface area contributed by atoms with E-state index in [4.69, 9.17) is 4.74 Å². The molecular formula is C19H26IN3O. The van der Waals surface area contributed by atoms with Crippen LogP contribution in [0.15, 0.2) is 59.6 Å². The summed E-state index contributed by atoms with van der Waals surface area (Å²) in [7, 11) is 1.68. The van der Waals surface area contributed by atoms with E-state index in [2.05, 4.69) is 46.8 Å². The Bertz CT molecular complexity index is 600. The first-order valence-corrected chi connectivity index (χ1v) is 8.01. The van der Waals surface area contributed by atoms with E-state index in [1.165, 1.54) is 11.1 Å². The Kier molecular flexibility index (Phi) is 9.91. The third-order valence-electron chi connectivity index (χ3n) is 3.47. The fourth-order valence-corrected chi connectivity index (χ4v) is 2.21. The zero-order valence-corrected chi connectivity index (χ0v) is 16.6. The molecule has 2 rings (SSSR count). The molecule has 2 aromatic rings. The van der Waals surface area contributed by atoms with Crippen LogP contribution in [0.25, 0.3) is 0 Å². The molecule has 0 heterocycles. The predicted molar refractivity (Wildman–Crippen MR) is 111 cm³/mol. The number of rotatable bonds is 7. The number of nitrogens with one attached hydrogen (secondary N) is 2. The Morgan fingerprint density at radius 2 is 1.67 bits per heavy atom. The van der Waals surface area contributed by atoms with Crippen molar-refractivity contribution in [2.45, 2.75) is 19.9 Å². The minimum atomic E-state index is 0. The molecule has 0 unspecified atom stereocenters. The molecule has 0 spiro atoms. The number of hydrogen-bond acceptors (Lipinski definition) is 2. The number of benzene rings is 2. The number of methoxy groups -OCH3 is 1. The van der Waals surface area contributed by atoms with E-state index < -0.39 is 0 Å². The second kappa shape index (κ2) is 11.7. The molecule has 4 nitrogen and oxygen atoms in total. The van der Waals surface area contributed by atoms with Crippen LogP contribution in [0, 0.1) is 0 Å². The first-order valence-electron chi connectivity index (χ1n) is 8.01. The Morgan fingerprint density at radius 1 is 0.958 bits per heavy atom. The van der Waals surface area contributed by atoms with Crippen molar-refractivity contribution in [1.82, 2.24) is 10.6 Å². The molecule has 0 atom stereocenters. The zero-order chi connectivity index (χ0) is 16.3.